The molecule has 2 nitrogen and oxygen atoms in total. The summed E-state index contributed by atoms with van der Waals surface area (Å²) in [7, 11) is 1.59. The Balaban J connectivity index is 1.94. The van der Waals surface area contributed by atoms with Crippen molar-refractivity contribution >= 4 is 27.3 Å². The van der Waals surface area contributed by atoms with Crippen LogP contribution >= 0.6 is 0 Å². The molecule has 0 atom stereocenters. The van der Waals surface area contributed by atoms with Crippen LogP contribution in [0.4, 0.5) is 0 Å². The molecular weight excluding hydrogens is 308 g/mol. The molecule has 0 aliphatic carbocycles. The zero-order valence-corrected chi connectivity index (χ0v) is 14.2. The molecule has 0 spiro atoms. The Morgan fingerprint density at radius 3 is 2.16 bits per heavy atom. The van der Waals surface area contributed by atoms with Crippen LogP contribution in [0.2, 0.25) is 0 Å². The van der Waals surface area contributed by atoms with Crippen molar-refractivity contribution < 1.29 is 9.53 Å². The maximum absolute atomic E-state index is 11.9. The van der Waals surface area contributed by atoms with Crippen molar-refractivity contribution in [2.75, 3.05) is 7.11 Å². The van der Waals surface area contributed by atoms with Gasteiger partial charge in [-0.25, -0.2) is 0 Å². The molecule has 0 aliphatic heterocycles. The molecule has 0 heterocycles. The van der Waals surface area contributed by atoms with Crippen LogP contribution in [0, 0.1) is 0 Å². The maximum atomic E-state index is 11.9. The highest BCUT2D eigenvalue weighted by molar-refractivity contribution is 6.08. The van der Waals surface area contributed by atoms with Gasteiger partial charge in [0, 0.05) is 0 Å². The van der Waals surface area contributed by atoms with E-state index in [1.165, 1.54) is 21.5 Å². The molecule has 0 fully saturated rings. The first-order chi connectivity index (χ1) is 12.2. The Morgan fingerprint density at radius 1 is 0.760 bits per heavy atom. The summed E-state index contributed by atoms with van der Waals surface area (Å²) >= 11 is 0. The number of carbonyl (C=O) groups excluding carboxylic acids is 1. The van der Waals surface area contributed by atoms with Gasteiger partial charge < -0.3 is 4.74 Å². The number of hydrogen-bond acceptors (Lipinski definition) is 2. The van der Waals surface area contributed by atoms with Crippen molar-refractivity contribution in [2.24, 2.45) is 0 Å². The van der Waals surface area contributed by atoms with E-state index in [9.17, 15) is 4.79 Å². The molecule has 0 saturated carbocycles. The Morgan fingerprint density at radius 2 is 1.40 bits per heavy atom. The summed E-state index contributed by atoms with van der Waals surface area (Å²) in [6, 6.07) is 24.9. The number of ketones is 1. The average molecular weight is 326 g/mol. The van der Waals surface area contributed by atoms with Crippen LogP contribution in [0.15, 0.2) is 72.8 Å². The number of ether oxygens (including phenoxy) is 1. The summed E-state index contributed by atoms with van der Waals surface area (Å²) in [5.41, 5.74) is 2.72. The third-order valence-corrected chi connectivity index (χ3v) is 4.66. The van der Waals surface area contributed by atoms with E-state index in [0.29, 0.717) is 11.3 Å². The van der Waals surface area contributed by atoms with Gasteiger partial charge >= 0.3 is 0 Å². The molecule has 0 aromatic heterocycles. The van der Waals surface area contributed by atoms with Gasteiger partial charge in [0.15, 0.2) is 5.78 Å². The predicted octanol–water partition coefficient (Wildman–Crippen LogP) is 5.87. The predicted molar refractivity (Wildman–Crippen MR) is 103 cm³/mol. The third-order valence-electron chi connectivity index (χ3n) is 4.66. The topological polar surface area (TPSA) is 26.3 Å². The van der Waals surface area contributed by atoms with Gasteiger partial charge in [0.05, 0.1) is 12.7 Å². The van der Waals surface area contributed by atoms with Crippen LogP contribution < -0.4 is 4.74 Å². The van der Waals surface area contributed by atoms with Gasteiger partial charge in [0.25, 0.3) is 0 Å². The number of rotatable bonds is 3. The zero-order chi connectivity index (χ0) is 17.4. The van der Waals surface area contributed by atoms with Gasteiger partial charge in [-0.2, -0.15) is 0 Å². The van der Waals surface area contributed by atoms with Gasteiger partial charge in [-0.3, -0.25) is 4.79 Å². The Hall–Kier alpha value is -3.13. The zero-order valence-electron chi connectivity index (χ0n) is 14.2. The largest absolute Gasteiger partial charge is 0.496 e. The van der Waals surface area contributed by atoms with E-state index in [1.807, 2.05) is 18.2 Å². The van der Waals surface area contributed by atoms with E-state index in [1.54, 1.807) is 14.0 Å². The van der Waals surface area contributed by atoms with E-state index in [2.05, 4.69) is 54.6 Å². The lowest BCUT2D eigenvalue weighted by molar-refractivity contribution is 0.101. The number of carbonyl (C=O) groups is 1. The first-order valence-corrected chi connectivity index (χ1v) is 8.28. The summed E-state index contributed by atoms with van der Waals surface area (Å²) in [4.78, 5) is 11.9. The monoisotopic (exact) mass is 326 g/mol. The smallest absolute Gasteiger partial charge is 0.163 e. The molecule has 0 aliphatic rings. The molecule has 0 saturated heterocycles. The van der Waals surface area contributed by atoms with E-state index >= 15 is 0 Å². The summed E-state index contributed by atoms with van der Waals surface area (Å²) in [5, 5.41) is 4.90. The third kappa shape index (κ3) is 2.66. The highest BCUT2D eigenvalue weighted by Gasteiger charge is 2.10. The van der Waals surface area contributed by atoms with Crippen LogP contribution in [0.1, 0.15) is 17.3 Å². The van der Waals surface area contributed by atoms with Crippen molar-refractivity contribution in [1.82, 2.24) is 0 Å². The van der Waals surface area contributed by atoms with E-state index in [0.717, 1.165) is 11.1 Å². The molecule has 0 unspecified atom stereocenters. The molecule has 0 N–H and O–H groups in total. The number of Topliss-reactive ketones (excluding diaryl/α,β-unsaturated/α-hetero) is 1. The molecular formula is C23H18O2. The van der Waals surface area contributed by atoms with Gasteiger partial charge in [-0.1, -0.05) is 54.6 Å². The van der Waals surface area contributed by atoms with Crippen LogP contribution in [-0.4, -0.2) is 12.9 Å². The average Bonchev–Trinajstić information content (AvgIpc) is 2.67. The minimum atomic E-state index is 0.00457. The molecule has 122 valence electrons. The Bertz CT molecular complexity index is 1110. The van der Waals surface area contributed by atoms with Crippen LogP contribution in [0.25, 0.3) is 32.7 Å². The fourth-order valence-electron chi connectivity index (χ4n) is 3.34. The lowest BCUT2D eigenvalue weighted by atomic mass is 9.96. The fraction of sp³-hybridized carbons (Fsp3) is 0.0870. The molecule has 4 aromatic carbocycles. The SMILES string of the molecule is COc1ccc(-c2ccc3ccc4ccccc4c3c2)cc1C(C)=O. The summed E-state index contributed by atoms with van der Waals surface area (Å²) in [6.07, 6.45) is 0. The molecule has 0 bridgehead atoms. The van der Waals surface area contributed by atoms with Crippen LogP contribution in [-0.2, 0) is 0 Å². The number of benzene rings is 4. The summed E-state index contributed by atoms with van der Waals surface area (Å²) in [6.45, 7) is 1.57. The lowest BCUT2D eigenvalue weighted by Crippen LogP contribution is -1.97. The molecule has 0 amide bonds. The Kier molecular flexibility index (Phi) is 3.73. The lowest BCUT2D eigenvalue weighted by Gasteiger charge is -2.10. The van der Waals surface area contributed by atoms with Crippen LogP contribution in [0.5, 0.6) is 5.75 Å². The minimum absolute atomic E-state index is 0.00457. The minimum Gasteiger partial charge on any atom is -0.496 e. The molecule has 4 rings (SSSR count). The van der Waals surface area contributed by atoms with E-state index in [-0.39, 0.29) is 5.78 Å². The van der Waals surface area contributed by atoms with Gasteiger partial charge in [0.2, 0.25) is 0 Å². The first kappa shape index (κ1) is 15.4. The molecule has 2 heteroatoms. The van der Waals surface area contributed by atoms with Gasteiger partial charge in [-0.05, 0) is 57.8 Å². The van der Waals surface area contributed by atoms with Crippen molar-refractivity contribution in [2.45, 2.75) is 6.92 Å². The number of methoxy groups -OCH3 is 1. The fourth-order valence-corrected chi connectivity index (χ4v) is 3.34. The van der Waals surface area contributed by atoms with Crippen molar-refractivity contribution in [3.63, 3.8) is 0 Å². The highest BCUT2D eigenvalue weighted by Crippen LogP contribution is 2.32. The molecule has 4 aromatic rings. The summed E-state index contributed by atoms with van der Waals surface area (Å²) < 4.78 is 5.30. The molecule has 25 heavy (non-hydrogen) atoms. The normalized spacial score (nSPS) is 11.0. The van der Waals surface area contributed by atoms with E-state index in [4.69, 9.17) is 4.74 Å². The first-order valence-electron chi connectivity index (χ1n) is 8.28. The Labute approximate surface area is 146 Å². The van der Waals surface area contributed by atoms with Crippen molar-refractivity contribution in [3.05, 3.63) is 78.4 Å². The van der Waals surface area contributed by atoms with E-state index < -0.39 is 0 Å². The second-order valence-electron chi connectivity index (χ2n) is 6.19. The quantitative estimate of drug-likeness (QED) is 0.347. The van der Waals surface area contributed by atoms with Gasteiger partial charge in [0.1, 0.15) is 5.75 Å². The second kappa shape index (κ2) is 6.06. The van der Waals surface area contributed by atoms with Gasteiger partial charge in [-0.15, -0.1) is 0 Å². The maximum Gasteiger partial charge on any atom is 0.163 e. The van der Waals surface area contributed by atoms with Crippen molar-refractivity contribution in [1.29, 1.82) is 0 Å². The summed E-state index contributed by atoms with van der Waals surface area (Å²) in [5.74, 6) is 0.618. The second-order valence-corrected chi connectivity index (χ2v) is 6.19. The van der Waals surface area contributed by atoms with Crippen LogP contribution in [0.3, 0.4) is 0 Å². The number of hydrogen-bond donors (Lipinski definition) is 0. The highest BCUT2D eigenvalue weighted by atomic mass is 16.5. The molecule has 0 radical (unpaired) electrons. The van der Waals surface area contributed by atoms with Crippen molar-refractivity contribution in [3.8, 4) is 16.9 Å². The number of fused-ring (bicyclic) bond motifs is 3. The standard InChI is InChI=1S/C23H18O2/c1-15(24)21-13-19(11-12-23(21)25-2)18-10-9-17-8-7-16-5-3-4-6-20(16)22(17)14-18/h3-14H,1-2H3.